The van der Waals surface area contributed by atoms with Gasteiger partial charge in [0.05, 0.1) is 0 Å². The van der Waals surface area contributed by atoms with E-state index in [1.54, 1.807) is 11.1 Å². The van der Waals surface area contributed by atoms with Crippen molar-refractivity contribution in [3.63, 3.8) is 0 Å². The second-order valence-electron chi connectivity index (χ2n) is 6.09. The molecule has 3 rings (SSSR count). The normalized spacial score (nSPS) is 18.4. The van der Waals surface area contributed by atoms with E-state index >= 15 is 0 Å². The van der Waals surface area contributed by atoms with Crippen LogP contribution in [0.2, 0.25) is 0 Å². The third-order valence-electron chi connectivity index (χ3n) is 4.62. The van der Waals surface area contributed by atoms with Crippen LogP contribution in [0.15, 0.2) is 54.6 Å². The first-order valence-corrected chi connectivity index (χ1v) is 8.23. The topological polar surface area (TPSA) is 12.0 Å². The van der Waals surface area contributed by atoms with Gasteiger partial charge in [-0.05, 0) is 48.9 Å². The Labute approximate surface area is 128 Å². The number of aryl methyl sites for hydroxylation is 1. The van der Waals surface area contributed by atoms with Crippen molar-refractivity contribution in [1.29, 1.82) is 0 Å². The van der Waals surface area contributed by atoms with Crippen LogP contribution in [-0.4, -0.2) is 12.6 Å². The molecule has 1 aliphatic rings. The summed E-state index contributed by atoms with van der Waals surface area (Å²) >= 11 is 0. The summed E-state index contributed by atoms with van der Waals surface area (Å²) in [4.78, 5) is 0. The van der Waals surface area contributed by atoms with Crippen LogP contribution >= 0.6 is 0 Å². The van der Waals surface area contributed by atoms with Crippen molar-refractivity contribution in [3.8, 4) is 0 Å². The molecule has 0 saturated carbocycles. The van der Waals surface area contributed by atoms with Gasteiger partial charge >= 0.3 is 0 Å². The van der Waals surface area contributed by atoms with Crippen LogP contribution in [-0.2, 0) is 12.8 Å². The van der Waals surface area contributed by atoms with Gasteiger partial charge in [-0.25, -0.2) is 0 Å². The van der Waals surface area contributed by atoms with Crippen LogP contribution < -0.4 is 5.32 Å². The first kappa shape index (κ1) is 14.3. The molecule has 0 heterocycles. The molecule has 1 N–H and O–H groups in total. The van der Waals surface area contributed by atoms with Crippen LogP contribution in [0.4, 0.5) is 0 Å². The highest BCUT2D eigenvalue weighted by atomic mass is 14.9. The van der Waals surface area contributed by atoms with Crippen LogP contribution in [0.3, 0.4) is 0 Å². The second kappa shape index (κ2) is 6.91. The molecule has 1 aliphatic carbocycles. The molecule has 110 valence electrons. The van der Waals surface area contributed by atoms with E-state index in [-0.39, 0.29) is 0 Å². The zero-order valence-electron chi connectivity index (χ0n) is 12.9. The fraction of sp³-hybridized carbons (Fsp3) is 0.400. The predicted octanol–water partition coefficient (Wildman–Crippen LogP) is 4.33. The van der Waals surface area contributed by atoms with Crippen molar-refractivity contribution in [2.45, 2.75) is 44.6 Å². The smallest absolute Gasteiger partial charge is 0.0176 e. The van der Waals surface area contributed by atoms with Crippen molar-refractivity contribution in [3.05, 3.63) is 71.3 Å². The summed E-state index contributed by atoms with van der Waals surface area (Å²) in [6, 6.07) is 20.4. The molecule has 2 aromatic carbocycles. The fourth-order valence-electron chi connectivity index (χ4n) is 3.56. The van der Waals surface area contributed by atoms with Gasteiger partial charge in [-0.2, -0.15) is 0 Å². The highest BCUT2D eigenvalue weighted by Gasteiger charge is 2.29. The van der Waals surface area contributed by atoms with Crippen LogP contribution in [0.5, 0.6) is 0 Å². The molecule has 0 spiro atoms. The van der Waals surface area contributed by atoms with E-state index < -0.39 is 0 Å². The van der Waals surface area contributed by atoms with Gasteiger partial charge in [-0.3, -0.25) is 0 Å². The summed E-state index contributed by atoms with van der Waals surface area (Å²) in [5.74, 6) is 0.660. The fourth-order valence-corrected chi connectivity index (χ4v) is 3.56. The average Bonchev–Trinajstić information content (AvgIpc) is 2.96. The molecule has 21 heavy (non-hydrogen) atoms. The minimum absolute atomic E-state index is 0.552. The largest absolute Gasteiger partial charge is 0.313 e. The highest BCUT2D eigenvalue weighted by Crippen LogP contribution is 2.36. The summed E-state index contributed by atoms with van der Waals surface area (Å²) in [6.07, 6.45) is 4.84. The lowest BCUT2D eigenvalue weighted by Crippen LogP contribution is -2.36. The lowest BCUT2D eigenvalue weighted by molar-refractivity contribution is 0.426. The Morgan fingerprint density at radius 3 is 2.62 bits per heavy atom. The Bertz CT molecular complexity index is 561. The quantitative estimate of drug-likeness (QED) is 0.830. The van der Waals surface area contributed by atoms with Crippen LogP contribution in [0, 0.1) is 0 Å². The van der Waals surface area contributed by atoms with Gasteiger partial charge in [0.1, 0.15) is 0 Å². The van der Waals surface area contributed by atoms with E-state index in [2.05, 4.69) is 66.8 Å². The molecule has 0 saturated heterocycles. The van der Waals surface area contributed by atoms with Crippen LogP contribution in [0.1, 0.15) is 42.4 Å². The van der Waals surface area contributed by atoms with Gasteiger partial charge in [0, 0.05) is 12.0 Å². The Morgan fingerprint density at radius 2 is 1.81 bits per heavy atom. The molecule has 1 nitrogen and oxygen atoms in total. The van der Waals surface area contributed by atoms with Crippen molar-refractivity contribution in [1.82, 2.24) is 5.32 Å². The van der Waals surface area contributed by atoms with Gasteiger partial charge in [0.25, 0.3) is 0 Å². The number of fused-ring (bicyclic) bond motifs is 1. The van der Waals surface area contributed by atoms with E-state index in [9.17, 15) is 0 Å². The summed E-state index contributed by atoms with van der Waals surface area (Å²) in [7, 11) is 0. The lowest BCUT2D eigenvalue weighted by Gasteiger charge is -2.26. The Hall–Kier alpha value is -1.60. The Kier molecular flexibility index (Phi) is 4.72. The number of rotatable bonds is 6. The third-order valence-corrected chi connectivity index (χ3v) is 4.62. The Morgan fingerprint density at radius 1 is 1.05 bits per heavy atom. The highest BCUT2D eigenvalue weighted by molar-refractivity contribution is 5.36. The molecule has 2 atom stereocenters. The number of hydrogen-bond acceptors (Lipinski definition) is 1. The molecule has 0 fully saturated rings. The molecule has 0 bridgehead atoms. The zero-order valence-corrected chi connectivity index (χ0v) is 12.9. The lowest BCUT2D eigenvalue weighted by atomic mass is 9.88. The molecule has 0 radical (unpaired) electrons. The molecule has 1 heteroatoms. The van der Waals surface area contributed by atoms with E-state index in [4.69, 9.17) is 0 Å². The number of hydrogen-bond donors (Lipinski definition) is 1. The molecule has 0 amide bonds. The van der Waals surface area contributed by atoms with E-state index in [0.717, 1.165) is 13.0 Å². The molecule has 0 aromatic heterocycles. The van der Waals surface area contributed by atoms with Gasteiger partial charge in [-0.1, -0.05) is 61.5 Å². The van der Waals surface area contributed by atoms with E-state index in [0.29, 0.717) is 12.0 Å². The minimum atomic E-state index is 0.552. The van der Waals surface area contributed by atoms with E-state index in [1.807, 2.05) is 0 Å². The van der Waals surface area contributed by atoms with Gasteiger partial charge in [0.15, 0.2) is 0 Å². The number of benzene rings is 2. The Balaban J connectivity index is 1.80. The SMILES string of the molecule is CCCNC(Cc1ccccc1)C1CCc2ccccc21. The minimum Gasteiger partial charge on any atom is -0.313 e. The van der Waals surface area contributed by atoms with Crippen molar-refractivity contribution in [2.75, 3.05) is 6.54 Å². The van der Waals surface area contributed by atoms with Crippen molar-refractivity contribution in [2.24, 2.45) is 0 Å². The maximum Gasteiger partial charge on any atom is 0.0176 e. The third kappa shape index (κ3) is 3.36. The second-order valence-corrected chi connectivity index (χ2v) is 6.09. The van der Waals surface area contributed by atoms with Gasteiger partial charge in [-0.15, -0.1) is 0 Å². The summed E-state index contributed by atoms with van der Waals surface area (Å²) in [6.45, 7) is 3.35. The molecular formula is C20H25N. The first-order chi connectivity index (χ1) is 10.4. The van der Waals surface area contributed by atoms with Crippen LogP contribution in [0.25, 0.3) is 0 Å². The van der Waals surface area contributed by atoms with Gasteiger partial charge < -0.3 is 5.32 Å². The van der Waals surface area contributed by atoms with Gasteiger partial charge in [0.2, 0.25) is 0 Å². The summed E-state index contributed by atoms with van der Waals surface area (Å²) in [5, 5.41) is 3.80. The first-order valence-electron chi connectivity index (χ1n) is 8.23. The summed E-state index contributed by atoms with van der Waals surface area (Å²) < 4.78 is 0. The molecule has 2 aromatic rings. The standard InChI is InChI=1S/C20H25N/c1-2-14-21-20(15-16-8-4-3-5-9-16)19-13-12-17-10-6-7-11-18(17)19/h3-11,19-21H,2,12-15H2,1H3. The number of nitrogens with one attached hydrogen (secondary N) is 1. The van der Waals surface area contributed by atoms with E-state index in [1.165, 1.54) is 24.8 Å². The maximum atomic E-state index is 3.80. The molecular weight excluding hydrogens is 254 g/mol. The maximum absolute atomic E-state index is 3.80. The van der Waals surface area contributed by atoms with Crippen molar-refractivity contribution < 1.29 is 0 Å². The molecule has 2 unspecified atom stereocenters. The predicted molar refractivity (Wildman–Crippen MR) is 89.7 cm³/mol. The van der Waals surface area contributed by atoms with Crippen molar-refractivity contribution >= 4 is 0 Å². The average molecular weight is 279 g/mol. The molecule has 0 aliphatic heterocycles. The zero-order chi connectivity index (χ0) is 14.5. The summed E-state index contributed by atoms with van der Waals surface area (Å²) in [5.41, 5.74) is 4.57. The monoisotopic (exact) mass is 279 g/mol.